The maximum atomic E-state index is 5.98. The molecule has 0 aliphatic heterocycles. The zero-order valence-corrected chi connectivity index (χ0v) is 15.5. The summed E-state index contributed by atoms with van der Waals surface area (Å²) in [5, 5.41) is 6.36. The Balaban J connectivity index is 1.55. The van der Waals surface area contributed by atoms with E-state index in [-0.39, 0.29) is 11.3 Å². The van der Waals surface area contributed by atoms with Crippen LogP contribution in [0.5, 0.6) is 0 Å². The summed E-state index contributed by atoms with van der Waals surface area (Å²) in [5.74, 6) is 1.37. The molecule has 2 N–H and O–H groups in total. The molecule has 4 rings (SSSR count). The highest BCUT2D eigenvalue weighted by Gasteiger charge is 2.09. The molecule has 4 aromatic rings. The number of anilines is 3. The van der Waals surface area contributed by atoms with E-state index in [0.717, 1.165) is 22.4 Å². The molecule has 8 heteroatoms. The van der Waals surface area contributed by atoms with Gasteiger partial charge in [-0.15, -0.1) is 0 Å². The van der Waals surface area contributed by atoms with Gasteiger partial charge in [0.2, 0.25) is 23.1 Å². The molecule has 0 atom stereocenters. The highest BCUT2D eigenvalue weighted by Crippen LogP contribution is 2.26. The van der Waals surface area contributed by atoms with Crippen LogP contribution >= 0.6 is 11.6 Å². The van der Waals surface area contributed by atoms with Crippen molar-refractivity contribution in [1.29, 1.82) is 0 Å². The fourth-order valence-corrected chi connectivity index (χ4v) is 2.71. The Morgan fingerprint density at radius 1 is 0.889 bits per heavy atom. The monoisotopic (exact) mass is 380 g/mol. The Morgan fingerprint density at radius 2 is 1.63 bits per heavy atom. The van der Waals surface area contributed by atoms with E-state index < -0.39 is 0 Å². The molecule has 0 bridgehead atoms. The Hall–Kier alpha value is -3.19. The second-order valence-corrected chi connectivity index (χ2v) is 6.58. The van der Waals surface area contributed by atoms with E-state index >= 15 is 0 Å². The lowest BCUT2D eigenvalue weighted by Gasteiger charge is -2.10. The summed E-state index contributed by atoms with van der Waals surface area (Å²) >= 11 is 5.98. The summed E-state index contributed by atoms with van der Waals surface area (Å²) < 4.78 is 5.79. The van der Waals surface area contributed by atoms with Crippen molar-refractivity contribution in [3.63, 3.8) is 0 Å². The van der Waals surface area contributed by atoms with Crippen molar-refractivity contribution in [2.45, 2.75) is 19.9 Å². The number of rotatable bonds is 5. The van der Waals surface area contributed by atoms with E-state index in [1.807, 2.05) is 62.4 Å². The maximum absolute atomic E-state index is 5.98. The lowest BCUT2D eigenvalue weighted by atomic mass is 10.2. The average Bonchev–Trinajstić information content (AvgIpc) is 3.05. The average molecular weight is 381 g/mol. The molecule has 27 heavy (non-hydrogen) atoms. The molecule has 0 spiro atoms. The lowest BCUT2D eigenvalue weighted by molar-refractivity contribution is 0.620. The number of hydrogen-bond donors (Lipinski definition) is 2. The van der Waals surface area contributed by atoms with Gasteiger partial charge in [0.1, 0.15) is 5.52 Å². The smallest absolute Gasteiger partial charge is 0.233 e. The van der Waals surface area contributed by atoms with Gasteiger partial charge in [0.25, 0.3) is 0 Å². The van der Waals surface area contributed by atoms with Crippen molar-refractivity contribution in [3.8, 4) is 11.5 Å². The molecule has 0 aliphatic rings. The Kier molecular flexibility index (Phi) is 4.60. The number of hydrogen-bond acceptors (Lipinski definition) is 7. The number of halogens is 1. The van der Waals surface area contributed by atoms with Crippen molar-refractivity contribution >= 4 is 40.3 Å². The molecule has 2 aromatic carbocycles. The van der Waals surface area contributed by atoms with Gasteiger partial charge < -0.3 is 15.1 Å². The second kappa shape index (κ2) is 7.20. The van der Waals surface area contributed by atoms with E-state index in [1.54, 1.807) is 0 Å². The molecule has 136 valence electrons. The van der Waals surface area contributed by atoms with Crippen LogP contribution in [-0.2, 0) is 0 Å². The molecule has 0 aliphatic carbocycles. The topological polar surface area (TPSA) is 88.8 Å². The van der Waals surface area contributed by atoms with Gasteiger partial charge in [0.15, 0.2) is 5.58 Å². The number of nitrogens with zero attached hydrogens (tertiary/aromatic N) is 4. The maximum Gasteiger partial charge on any atom is 0.233 e. The molecular weight excluding hydrogens is 364 g/mol. The normalized spacial score (nSPS) is 11.1. The third kappa shape index (κ3) is 3.98. The third-order valence-corrected chi connectivity index (χ3v) is 3.88. The first-order valence-corrected chi connectivity index (χ1v) is 8.86. The Morgan fingerprint density at radius 3 is 2.37 bits per heavy atom. The highest BCUT2D eigenvalue weighted by atomic mass is 35.5. The summed E-state index contributed by atoms with van der Waals surface area (Å²) in [6.45, 7) is 3.99. The van der Waals surface area contributed by atoms with Gasteiger partial charge in [-0.2, -0.15) is 15.0 Å². The molecule has 0 radical (unpaired) electrons. The van der Waals surface area contributed by atoms with Crippen molar-refractivity contribution < 1.29 is 4.42 Å². The Bertz CT molecular complexity index is 1040. The molecule has 0 saturated heterocycles. The summed E-state index contributed by atoms with van der Waals surface area (Å²) in [6.07, 6.45) is 0. The third-order valence-electron chi connectivity index (χ3n) is 3.71. The van der Waals surface area contributed by atoms with Crippen LogP contribution in [0.25, 0.3) is 22.6 Å². The van der Waals surface area contributed by atoms with E-state index in [2.05, 4.69) is 30.6 Å². The van der Waals surface area contributed by atoms with Gasteiger partial charge in [-0.25, -0.2) is 4.98 Å². The zero-order chi connectivity index (χ0) is 18.8. The number of benzene rings is 2. The SMILES string of the molecule is CC(C)Nc1nc(Cl)nc(Nc2ccc(-c3nc4ccccc4o3)cc2)n1. The number of nitrogens with one attached hydrogen (secondary N) is 2. The highest BCUT2D eigenvalue weighted by molar-refractivity contribution is 6.28. The minimum atomic E-state index is 0.124. The largest absolute Gasteiger partial charge is 0.436 e. The minimum Gasteiger partial charge on any atom is -0.436 e. The van der Waals surface area contributed by atoms with Gasteiger partial charge in [0.05, 0.1) is 0 Å². The molecule has 0 saturated carbocycles. The van der Waals surface area contributed by atoms with E-state index in [0.29, 0.717) is 17.8 Å². The molecular formula is C19H17ClN6O. The number of aromatic nitrogens is 4. The first kappa shape index (κ1) is 17.2. The van der Waals surface area contributed by atoms with Gasteiger partial charge in [-0.3, -0.25) is 0 Å². The summed E-state index contributed by atoms with van der Waals surface area (Å²) in [7, 11) is 0. The van der Waals surface area contributed by atoms with Crippen LogP contribution in [0.15, 0.2) is 52.9 Å². The fraction of sp³-hybridized carbons (Fsp3) is 0.158. The molecule has 0 unspecified atom stereocenters. The Labute approximate surface area is 160 Å². The van der Waals surface area contributed by atoms with Crippen LogP contribution in [0.3, 0.4) is 0 Å². The van der Waals surface area contributed by atoms with Gasteiger partial charge in [-0.05, 0) is 61.8 Å². The number of oxazole rings is 1. The van der Waals surface area contributed by atoms with Gasteiger partial charge in [0, 0.05) is 17.3 Å². The lowest BCUT2D eigenvalue weighted by Crippen LogP contribution is -2.14. The molecule has 0 fully saturated rings. The van der Waals surface area contributed by atoms with Crippen molar-refractivity contribution in [2.75, 3.05) is 10.6 Å². The number of para-hydroxylation sites is 2. The quantitative estimate of drug-likeness (QED) is 0.509. The predicted octanol–water partition coefficient (Wildman–Crippen LogP) is 4.90. The minimum absolute atomic E-state index is 0.124. The van der Waals surface area contributed by atoms with Gasteiger partial charge >= 0.3 is 0 Å². The van der Waals surface area contributed by atoms with Crippen molar-refractivity contribution in [1.82, 2.24) is 19.9 Å². The van der Waals surface area contributed by atoms with Crippen LogP contribution in [0.4, 0.5) is 17.6 Å². The van der Waals surface area contributed by atoms with Crippen LogP contribution in [0.2, 0.25) is 5.28 Å². The van der Waals surface area contributed by atoms with Crippen molar-refractivity contribution in [3.05, 3.63) is 53.8 Å². The predicted molar refractivity (Wildman–Crippen MR) is 106 cm³/mol. The summed E-state index contributed by atoms with van der Waals surface area (Å²) in [4.78, 5) is 17.0. The molecule has 0 amide bonds. The van der Waals surface area contributed by atoms with E-state index in [1.165, 1.54) is 0 Å². The molecule has 2 heterocycles. The molecule has 7 nitrogen and oxygen atoms in total. The second-order valence-electron chi connectivity index (χ2n) is 6.24. The van der Waals surface area contributed by atoms with Crippen LogP contribution < -0.4 is 10.6 Å². The van der Waals surface area contributed by atoms with E-state index in [9.17, 15) is 0 Å². The summed E-state index contributed by atoms with van der Waals surface area (Å²) in [6, 6.07) is 15.5. The first-order valence-electron chi connectivity index (χ1n) is 8.48. The zero-order valence-electron chi connectivity index (χ0n) is 14.8. The van der Waals surface area contributed by atoms with Crippen molar-refractivity contribution in [2.24, 2.45) is 0 Å². The fourth-order valence-electron chi connectivity index (χ4n) is 2.55. The summed E-state index contributed by atoms with van der Waals surface area (Å²) in [5.41, 5.74) is 3.29. The van der Waals surface area contributed by atoms with Crippen LogP contribution in [0.1, 0.15) is 13.8 Å². The van der Waals surface area contributed by atoms with Gasteiger partial charge in [-0.1, -0.05) is 12.1 Å². The van der Waals surface area contributed by atoms with E-state index in [4.69, 9.17) is 16.0 Å². The first-order chi connectivity index (χ1) is 13.1. The standard InChI is InChI=1S/C19H17ClN6O/c1-11(2)21-18-24-17(20)25-19(26-18)22-13-9-7-12(8-10-13)16-23-14-5-3-4-6-15(14)27-16/h3-11H,1-2H3,(H2,21,22,24,25,26). The van der Waals surface area contributed by atoms with Crippen LogP contribution in [0, 0.1) is 0 Å². The molecule has 2 aromatic heterocycles. The van der Waals surface area contributed by atoms with Crippen LogP contribution in [-0.4, -0.2) is 26.0 Å². The number of fused-ring (bicyclic) bond motifs is 1.